The van der Waals surface area contributed by atoms with Gasteiger partial charge in [0, 0.05) is 12.5 Å². The lowest BCUT2D eigenvalue weighted by atomic mass is 10.3. The van der Waals surface area contributed by atoms with Crippen molar-refractivity contribution < 1.29 is 18.4 Å². The molecule has 0 aliphatic carbocycles. The summed E-state index contributed by atoms with van der Waals surface area (Å²) in [5.41, 5.74) is 0. The Balaban J connectivity index is 1.43. The third kappa shape index (κ3) is 4.03. The number of nitrogens with one attached hydrogen (secondary N) is 1. The molecule has 0 fully saturated rings. The first kappa shape index (κ1) is 15.4. The summed E-state index contributed by atoms with van der Waals surface area (Å²) in [5, 5.41) is 16.9. The molecule has 0 bridgehead atoms. The molecular weight excluding hydrogens is 373 g/mol. The number of hydrogen-bond donors (Lipinski definition) is 1. The lowest BCUT2D eigenvalue weighted by Gasteiger charge is -2.08. The van der Waals surface area contributed by atoms with Crippen LogP contribution in [0.25, 0.3) is 11.6 Å². The lowest BCUT2D eigenvalue weighted by Crippen LogP contribution is -2.05. The third-order valence-electron chi connectivity index (χ3n) is 2.76. The SMILES string of the molecule is Fc1ccc(Br)c(OCCCOc2cc(-c3nnn[nH]3)on2)c1. The van der Waals surface area contributed by atoms with Gasteiger partial charge >= 0.3 is 0 Å². The van der Waals surface area contributed by atoms with E-state index >= 15 is 0 Å². The Bertz CT molecular complexity index is 765. The fraction of sp³-hybridized carbons (Fsp3) is 0.231. The van der Waals surface area contributed by atoms with Crippen LogP contribution in [0, 0.1) is 5.82 Å². The molecule has 0 saturated carbocycles. The van der Waals surface area contributed by atoms with Crippen molar-refractivity contribution in [2.45, 2.75) is 6.42 Å². The van der Waals surface area contributed by atoms with Gasteiger partial charge in [0.25, 0.3) is 5.88 Å². The molecule has 8 nitrogen and oxygen atoms in total. The van der Waals surface area contributed by atoms with Crippen molar-refractivity contribution in [3.8, 4) is 23.2 Å². The van der Waals surface area contributed by atoms with Crippen LogP contribution in [0.15, 0.2) is 33.3 Å². The minimum atomic E-state index is -0.350. The molecule has 1 N–H and O–H groups in total. The minimum absolute atomic E-state index is 0.323. The number of ether oxygens (including phenoxy) is 2. The van der Waals surface area contributed by atoms with E-state index in [0.717, 1.165) is 0 Å². The molecule has 120 valence electrons. The Labute approximate surface area is 138 Å². The molecule has 0 amide bonds. The van der Waals surface area contributed by atoms with Crippen LogP contribution in [0.2, 0.25) is 0 Å². The van der Waals surface area contributed by atoms with E-state index in [2.05, 4.69) is 41.7 Å². The standard InChI is InChI=1S/C13H11BrFN5O3/c14-9-3-2-8(15)6-10(9)21-4-1-5-22-12-7-11(23-18-12)13-16-19-20-17-13/h2-3,6-7H,1,4-5H2,(H,16,17,19,20). The van der Waals surface area contributed by atoms with Crippen LogP contribution >= 0.6 is 15.9 Å². The van der Waals surface area contributed by atoms with Gasteiger partial charge in [-0.05, 0) is 43.6 Å². The van der Waals surface area contributed by atoms with Crippen molar-refractivity contribution in [1.29, 1.82) is 0 Å². The molecule has 0 unspecified atom stereocenters. The number of benzene rings is 1. The predicted octanol–water partition coefficient (Wildman–Crippen LogP) is 2.60. The molecule has 0 spiro atoms. The van der Waals surface area contributed by atoms with Crippen LogP contribution in [-0.2, 0) is 0 Å². The number of tetrazole rings is 1. The Hall–Kier alpha value is -2.49. The average molecular weight is 384 g/mol. The highest BCUT2D eigenvalue weighted by atomic mass is 79.9. The summed E-state index contributed by atoms with van der Waals surface area (Å²) in [4.78, 5) is 0. The van der Waals surface area contributed by atoms with Gasteiger partial charge in [-0.25, -0.2) is 9.49 Å². The maximum absolute atomic E-state index is 13.1. The highest BCUT2D eigenvalue weighted by Gasteiger charge is 2.10. The molecule has 1 aromatic carbocycles. The van der Waals surface area contributed by atoms with Crippen molar-refractivity contribution in [3.63, 3.8) is 0 Å². The van der Waals surface area contributed by atoms with E-state index in [1.807, 2.05) is 0 Å². The van der Waals surface area contributed by atoms with Gasteiger partial charge in [-0.2, -0.15) is 0 Å². The number of hydrogen-bond acceptors (Lipinski definition) is 7. The quantitative estimate of drug-likeness (QED) is 0.625. The number of nitrogens with zero attached hydrogens (tertiary/aromatic N) is 4. The van der Waals surface area contributed by atoms with Crippen molar-refractivity contribution in [3.05, 3.63) is 34.6 Å². The van der Waals surface area contributed by atoms with Gasteiger partial charge in [-0.1, -0.05) is 0 Å². The van der Waals surface area contributed by atoms with Crippen molar-refractivity contribution >= 4 is 15.9 Å². The van der Waals surface area contributed by atoms with Gasteiger partial charge in [0.15, 0.2) is 0 Å². The zero-order valence-electron chi connectivity index (χ0n) is 11.7. The Kier molecular flexibility index (Phi) is 4.81. The topological polar surface area (TPSA) is 99.0 Å². The van der Waals surface area contributed by atoms with E-state index in [0.29, 0.717) is 47.3 Å². The molecule has 0 radical (unpaired) electrons. The fourth-order valence-corrected chi connectivity index (χ4v) is 2.07. The second-order valence-corrected chi connectivity index (χ2v) is 5.26. The highest BCUT2D eigenvalue weighted by Crippen LogP contribution is 2.25. The summed E-state index contributed by atoms with van der Waals surface area (Å²) in [6.07, 6.45) is 0.592. The molecule has 23 heavy (non-hydrogen) atoms. The molecule has 0 aliphatic rings. The summed E-state index contributed by atoms with van der Waals surface area (Å²) in [5.74, 6) is 1.17. The van der Waals surface area contributed by atoms with Gasteiger partial charge in [0.1, 0.15) is 11.6 Å². The molecule has 3 aromatic rings. The second-order valence-electron chi connectivity index (χ2n) is 4.40. The third-order valence-corrected chi connectivity index (χ3v) is 3.41. The van der Waals surface area contributed by atoms with Gasteiger partial charge in [0.2, 0.25) is 11.6 Å². The maximum atomic E-state index is 13.1. The number of H-pyrrole nitrogens is 1. The number of aromatic nitrogens is 5. The molecule has 2 aromatic heterocycles. The van der Waals surface area contributed by atoms with E-state index in [4.69, 9.17) is 14.0 Å². The first-order valence-electron chi connectivity index (χ1n) is 6.64. The predicted molar refractivity (Wildman–Crippen MR) is 79.4 cm³/mol. The van der Waals surface area contributed by atoms with Crippen LogP contribution in [0.3, 0.4) is 0 Å². The van der Waals surface area contributed by atoms with E-state index < -0.39 is 0 Å². The number of aromatic amines is 1. The Morgan fingerprint density at radius 1 is 1.22 bits per heavy atom. The number of rotatable bonds is 7. The summed E-state index contributed by atoms with van der Waals surface area (Å²) < 4.78 is 29.7. The van der Waals surface area contributed by atoms with Crippen molar-refractivity contribution in [1.82, 2.24) is 25.8 Å². The highest BCUT2D eigenvalue weighted by molar-refractivity contribution is 9.10. The van der Waals surface area contributed by atoms with Crippen molar-refractivity contribution in [2.75, 3.05) is 13.2 Å². The summed E-state index contributed by atoms with van der Waals surface area (Å²) in [6.45, 7) is 0.742. The monoisotopic (exact) mass is 383 g/mol. The minimum Gasteiger partial charge on any atom is -0.492 e. The normalized spacial score (nSPS) is 10.7. The molecule has 3 rings (SSSR count). The molecule has 0 saturated heterocycles. The maximum Gasteiger partial charge on any atom is 0.254 e. The van der Waals surface area contributed by atoms with Crippen molar-refractivity contribution in [2.24, 2.45) is 0 Å². The average Bonchev–Trinajstić information content (AvgIpc) is 3.21. The first-order valence-corrected chi connectivity index (χ1v) is 7.43. The van der Waals surface area contributed by atoms with E-state index in [9.17, 15) is 4.39 Å². The largest absolute Gasteiger partial charge is 0.492 e. The molecule has 2 heterocycles. The van der Waals surface area contributed by atoms with Gasteiger partial charge in [-0.15, -0.1) is 5.10 Å². The van der Waals surface area contributed by atoms with Crippen LogP contribution < -0.4 is 9.47 Å². The summed E-state index contributed by atoms with van der Waals surface area (Å²) in [6, 6.07) is 5.84. The molecule has 10 heteroatoms. The van der Waals surface area contributed by atoms with E-state index in [-0.39, 0.29) is 5.82 Å². The summed E-state index contributed by atoms with van der Waals surface area (Å²) >= 11 is 3.29. The smallest absolute Gasteiger partial charge is 0.254 e. The molecular formula is C13H11BrFN5O3. The van der Waals surface area contributed by atoms with Crippen LogP contribution in [0.1, 0.15) is 6.42 Å². The lowest BCUT2D eigenvalue weighted by molar-refractivity contribution is 0.232. The second kappa shape index (κ2) is 7.18. The zero-order valence-corrected chi connectivity index (χ0v) is 13.3. The fourth-order valence-electron chi connectivity index (χ4n) is 1.71. The van der Waals surface area contributed by atoms with Gasteiger partial charge in [0.05, 0.1) is 23.8 Å². The van der Waals surface area contributed by atoms with E-state index in [1.54, 1.807) is 12.1 Å². The Morgan fingerprint density at radius 3 is 2.91 bits per heavy atom. The zero-order chi connectivity index (χ0) is 16.1. The summed E-state index contributed by atoms with van der Waals surface area (Å²) in [7, 11) is 0. The van der Waals surface area contributed by atoms with Crippen LogP contribution in [0.5, 0.6) is 11.6 Å². The molecule has 0 atom stereocenters. The molecule has 0 aliphatic heterocycles. The van der Waals surface area contributed by atoms with Crippen LogP contribution in [-0.4, -0.2) is 39.0 Å². The number of halogens is 2. The Morgan fingerprint density at radius 2 is 2.09 bits per heavy atom. The van der Waals surface area contributed by atoms with Crippen LogP contribution in [0.4, 0.5) is 4.39 Å². The van der Waals surface area contributed by atoms with E-state index in [1.165, 1.54) is 12.1 Å². The van der Waals surface area contributed by atoms with Gasteiger partial charge in [-0.3, -0.25) is 0 Å². The first-order chi connectivity index (χ1) is 11.2. The van der Waals surface area contributed by atoms with Gasteiger partial charge < -0.3 is 14.0 Å².